The molecule has 2 aliphatic rings. The predicted molar refractivity (Wildman–Crippen MR) is 93.3 cm³/mol. The quantitative estimate of drug-likeness (QED) is 0.929. The standard InChI is InChI=1S/C19H29N3O/c23-19(22-12-6-1-2-7-13-22)20-18-10-14-21(15-11-18)16-17-8-4-3-5-9-17/h3-5,8-9,18H,1-2,6-7,10-16H2,(H,20,23). The highest BCUT2D eigenvalue weighted by Gasteiger charge is 2.23. The van der Waals surface area contributed by atoms with Gasteiger partial charge in [-0.3, -0.25) is 4.90 Å². The van der Waals surface area contributed by atoms with Gasteiger partial charge in [0.15, 0.2) is 0 Å². The molecular weight excluding hydrogens is 286 g/mol. The number of urea groups is 1. The van der Waals surface area contributed by atoms with E-state index in [2.05, 4.69) is 40.5 Å². The van der Waals surface area contributed by atoms with Crippen molar-refractivity contribution < 1.29 is 4.79 Å². The van der Waals surface area contributed by atoms with E-state index >= 15 is 0 Å². The number of piperidine rings is 1. The summed E-state index contributed by atoms with van der Waals surface area (Å²) >= 11 is 0. The van der Waals surface area contributed by atoms with Gasteiger partial charge in [-0.2, -0.15) is 0 Å². The van der Waals surface area contributed by atoms with Crippen LogP contribution < -0.4 is 5.32 Å². The van der Waals surface area contributed by atoms with Gasteiger partial charge in [0.1, 0.15) is 0 Å². The van der Waals surface area contributed by atoms with Crippen molar-refractivity contribution >= 4 is 6.03 Å². The van der Waals surface area contributed by atoms with E-state index in [9.17, 15) is 4.79 Å². The average Bonchev–Trinajstić information content (AvgIpc) is 2.87. The van der Waals surface area contributed by atoms with Crippen molar-refractivity contribution in [2.45, 2.75) is 51.1 Å². The molecule has 2 fully saturated rings. The zero-order valence-electron chi connectivity index (χ0n) is 14.0. The van der Waals surface area contributed by atoms with Crippen LogP contribution in [0.15, 0.2) is 30.3 Å². The molecule has 2 saturated heterocycles. The summed E-state index contributed by atoms with van der Waals surface area (Å²) in [4.78, 5) is 16.9. The van der Waals surface area contributed by atoms with Crippen LogP contribution in [0.3, 0.4) is 0 Å². The normalized spacial score (nSPS) is 21.0. The number of nitrogens with one attached hydrogen (secondary N) is 1. The smallest absolute Gasteiger partial charge is 0.317 e. The molecule has 2 amide bonds. The first-order chi connectivity index (χ1) is 11.3. The van der Waals surface area contributed by atoms with Crippen molar-refractivity contribution in [2.24, 2.45) is 0 Å². The van der Waals surface area contributed by atoms with Crippen LogP contribution in [0.2, 0.25) is 0 Å². The van der Waals surface area contributed by atoms with Crippen LogP contribution in [0.1, 0.15) is 44.1 Å². The molecule has 4 nitrogen and oxygen atoms in total. The maximum atomic E-state index is 12.4. The molecule has 0 aliphatic carbocycles. The Kier molecular flexibility index (Phi) is 5.92. The van der Waals surface area contributed by atoms with Gasteiger partial charge in [0.2, 0.25) is 0 Å². The minimum Gasteiger partial charge on any atom is -0.335 e. The summed E-state index contributed by atoms with van der Waals surface area (Å²) in [5, 5.41) is 3.26. The first-order valence-electron chi connectivity index (χ1n) is 9.13. The largest absolute Gasteiger partial charge is 0.335 e. The molecule has 0 atom stereocenters. The number of likely N-dealkylation sites (tertiary alicyclic amines) is 2. The van der Waals surface area contributed by atoms with E-state index in [-0.39, 0.29) is 6.03 Å². The van der Waals surface area contributed by atoms with Crippen molar-refractivity contribution in [1.82, 2.24) is 15.1 Å². The van der Waals surface area contributed by atoms with E-state index in [1.807, 2.05) is 4.90 Å². The molecule has 0 unspecified atom stereocenters. The van der Waals surface area contributed by atoms with E-state index < -0.39 is 0 Å². The lowest BCUT2D eigenvalue weighted by molar-refractivity contribution is 0.169. The van der Waals surface area contributed by atoms with Gasteiger partial charge in [0.05, 0.1) is 0 Å². The van der Waals surface area contributed by atoms with Gasteiger partial charge >= 0.3 is 6.03 Å². The second-order valence-corrected chi connectivity index (χ2v) is 6.89. The van der Waals surface area contributed by atoms with Crippen LogP contribution in [0.4, 0.5) is 4.79 Å². The molecule has 1 aromatic rings. The zero-order valence-corrected chi connectivity index (χ0v) is 14.0. The summed E-state index contributed by atoms with van der Waals surface area (Å²) < 4.78 is 0. The second kappa shape index (κ2) is 8.34. The Morgan fingerprint density at radius 3 is 2.26 bits per heavy atom. The van der Waals surface area contributed by atoms with Crippen molar-refractivity contribution in [3.05, 3.63) is 35.9 Å². The molecule has 0 saturated carbocycles. The first kappa shape index (κ1) is 16.3. The van der Waals surface area contributed by atoms with Crippen LogP contribution in [-0.4, -0.2) is 48.1 Å². The van der Waals surface area contributed by atoms with E-state index in [0.29, 0.717) is 6.04 Å². The molecule has 23 heavy (non-hydrogen) atoms. The Morgan fingerprint density at radius 2 is 1.61 bits per heavy atom. The van der Waals surface area contributed by atoms with Gasteiger partial charge < -0.3 is 10.2 Å². The van der Waals surface area contributed by atoms with Crippen LogP contribution in [0, 0.1) is 0 Å². The molecule has 1 aromatic carbocycles. The first-order valence-corrected chi connectivity index (χ1v) is 9.13. The number of carbonyl (C=O) groups excluding carboxylic acids is 1. The highest BCUT2D eigenvalue weighted by atomic mass is 16.2. The van der Waals surface area contributed by atoms with E-state index in [1.165, 1.54) is 18.4 Å². The molecule has 2 heterocycles. The number of rotatable bonds is 3. The van der Waals surface area contributed by atoms with Crippen molar-refractivity contribution in [1.29, 1.82) is 0 Å². The van der Waals surface area contributed by atoms with Crippen LogP contribution >= 0.6 is 0 Å². The fourth-order valence-corrected chi connectivity index (χ4v) is 3.62. The van der Waals surface area contributed by atoms with Gasteiger partial charge in [0.25, 0.3) is 0 Å². The lowest BCUT2D eigenvalue weighted by Gasteiger charge is -2.33. The van der Waals surface area contributed by atoms with E-state index in [4.69, 9.17) is 0 Å². The Morgan fingerprint density at radius 1 is 0.957 bits per heavy atom. The number of amides is 2. The van der Waals surface area contributed by atoms with Gasteiger partial charge in [-0.15, -0.1) is 0 Å². The Balaban J connectivity index is 1.41. The van der Waals surface area contributed by atoms with Crippen molar-refractivity contribution in [3.8, 4) is 0 Å². The third kappa shape index (κ3) is 4.96. The summed E-state index contributed by atoms with van der Waals surface area (Å²) in [6, 6.07) is 11.1. The van der Waals surface area contributed by atoms with Gasteiger partial charge in [-0.1, -0.05) is 43.2 Å². The predicted octanol–water partition coefficient (Wildman–Crippen LogP) is 3.24. The fourth-order valence-electron chi connectivity index (χ4n) is 3.62. The van der Waals surface area contributed by atoms with Crippen LogP contribution in [0.25, 0.3) is 0 Å². The molecule has 0 spiro atoms. The van der Waals surface area contributed by atoms with Crippen LogP contribution in [0.5, 0.6) is 0 Å². The molecule has 3 rings (SSSR count). The SMILES string of the molecule is O=C(NC1CCN(Cc2ccccc2)CC1)N1CCCCCC1. The number of carbonyl (C=O) groups is 1. The molecule has 4 heteroatoms. The van der Waals surface area contributed by atoms with E-state index in [1.54, 1.807) is 0 Å². The fraction of sp³-hybridized carbons (Fsp3) is 0.632. The zero-order chi connectivity index (χ0) is 15.9. The Bertz CT molecular complexity index is 475. The van der Waals surface area contributed by atoms with Gasteiger partial charge in [-0.05, 0) is 31.2 Å². The molecule has 126 valence electrons. The highest BCUT2D eigenvalue weighted by Crippen LogP contribution is 2.15. The number of hydrogen-bond donors (Lipinski definition) is 1. The minimum absolute atomic E-state index is 0.161. The molecule has 0 bridgehead atoms. The summed E-state index contributed by atoms with van der Waals surface area (Å²) in [6.07, 6.45) is 6.97. The summed E-state index contributed by atoms with van der Waals surface area (Å²) in [6.45, 7) is 5.02. The Hall–Kier alpha value is -1.55. The Labute approximate surface area is 139 Å². The van der Waals surface area contributed by atoms with Crippen LogP contribution in [-0.2, 0) is 6.54 Å². The maximum Gasteiger partial charge on any atom is 0.317 e. The lowest BCUT2D eigenvalue weighted by Crippen LogP contribution is -2.49. The second-order valence-electron chi connectivity index (χ2n) is 6.89. The number of nitrogens with zero attached hydrogens (tertiary/aromatic N) is 2. The van der Waals surface area contributed by atoms with Gasteiger partial charge in [0, 0.05) is 38.8 Å². The third-order valence-corrected chi connectivity index (χ3v) is 5.06. The third-order valence-electron chi connectivity index (χ3n) is 5.06. The summed E-state index contributed by atoms with van der Waals surface area (Å²) in [5.74, 6) is 0. The minimum atomic E-state index is 0.161. The average molecular weight is 315 g/mol. The summed E-state index contributed by atoms with van der Waals surface area (Å²) in [5.41, 5.74) is 1.37. The molecule has 0 aromatic heterocycles. The van der Waals surface area contributed by atoms with E-state index in [0.717, 1.165) is 58.4 Å². The maximum absolute atomic E-state index is 12.4. The summed E-state index contributed by atoms with van der Waals surface area (Å²) in [7, 11) is 0. The molecule has 2 aliphatic heterocycles. The van der Waals surface area contributed by atoms with Crippen molar-refractivity contribution in [3.63, 3.8) is 0 Å². The number of benzene rings is 1. The molecule has 0 radical (unpaired) electrons. The highest BCUT2D eigenvalue weighted by molar-refractivity contribution is 5.74. The topological polar surface area (TPSA) is 35.6 Å². The monoisotopic (exact) mass is 315 g/mol. The van der Waals surface area contributed by atoms with Gasteiger partial charge in [-0.25, -0.2) is 4.79 Å². The van der Waals surface area contributed by atoms with Crippen molar-refractivity contribution in [2.75, 3.05) is 26.2 Å². The number of hydrogen-bond acceptors (Lipinski definition) is 2. The lowest BCUT2D eigenvalue weighted by atomic mass is 10.0. The molecular formula is C19H29N3O. The molecule has 1 N–H and O–H groups in total.